The smallest absolute Gasteiger partial charge is 0.254 e. The molecule has 0 atom stereocenters. The van der Waals surface area contributed by atoms with Gasteiger partial charge in [-0.25, -0.2) is 0 Å². The Kier molecular flexibility index (Phi) is 1.99. The lowest BCUT2D eigenvalue weighted by Crippen LogP contribution is -2.23. The average molecular weight is 195 g/mol. The van der Waals surface area contributed by atoms with Gasteiger partial charge in [0.05, 0.1) is 5.03 Å². The van der Waals surface area contributed by atoms with Crippen LogP contribution in [0.15, 0.2) is 9.82 Å². The van der Waals surface area contributed by atoms with Gasteiger partial charge in [-0.2, -0.15) is 0 Å². The Morgan fingerprint density at radius 3 is 2.54 bits per heavy atom. The molecule has 0 aliphatic carbocycles. The van der Waals surface area contributed by atoms with Crippen molar-refractivity contribution in [2.75, 3.05) is 5.75 Å². The van der Waals surface area contributed by atoms with Crippen LogP contribution >= 0.6 is 11.8 Å². The summed E-state index contributed by atoms with van der Waals surface area (Å²) in [5, 5.41) is 1.17. The molecule has 0 saturated heterocycles. The molecule has 13 heavy (non-hydrogen) atoms. The fourth-order valence-corrected chi connectivity index (χ4v) is 2.89. The topological polar surface area (TPSA) is 22.0 Å². The molecule has 0 aromatic carbocycles. The molecule has 1 aliphatic rings. The van der Waals surface area contributed by atoms with E-state index in [4.69, 9.17) is 0 Å². The average Bonchev–Trinajstić information content (AvgIpc) is 2.59. The van der Waals surface area contributed by atoms with E-state index in [-0.39, 0.29) is 5.56 Å². The van der Waals surface area contributed by atoms with Gasteiger partial charge in [0.1, 0.15) is 0 Å². The molecule has 2 rings (SSSR count). The Labute approximate surface area is 82.0 Å². The van der Waals surface area contributed by atoms with Gasteiger partial charge in [0.25, 0.3) is 5.56 Å². The first-order valence-corrected chi connectivity index (χ1v) is 5.45. The highest BCUT2D eigenvalue weighted by molar-refractivity contribution is 7.99. The number of aromatic nitrogens is 1. The van der Waals surface area contributed by atoms with Crippen LogP contribution in [0.1, 0.15) is 16.7 Å². The Bertz CT molecular complexity index is 420. The standard InChI is InChI=1S/C10H13NOS/c1-6-7(2)9(12)11-4-5-13-10(11)8(6)3/h4-5H2,1-3H3. The van der Waals surface area contributed by atoms with Crippen molar-refractivity contribution >= 4 is 11.8 Å². The molecule has 0 saturated carbocycles. The maximum absolute atomic E-state index is 11.8. The fraction of sp³-hybridized carbons (Fsp3) is 0.500. The van der Waals surface area contributed by atoms with Crippen LogP contribution in [0.2, 0.25) is 0 Å². The van der Waals surface area contributed by atoms with E-state index in [0.29, 0.717) is 0 Å². The van der Waals surface area contributed by atoms with Crippen LogP contribution in [0.5, 0.6) is 0 Å². The van der Waals surface area contributed by atoms with E-state index in [9.17, 15) is 4.79 Å². The molecule has 1 aliphatic heterocycles. The number of pyridine rings is 1. The number of fused-ring (bicyclic) bond motifs is 1. The Balaban J connectivity index is 2.85. The zero-order chi connectivity index (χ0) is 9.59. The van der Waals surface area contributed by atoms with Crippen molar-refractivity contribution in [2.45, 2.75) is 32.3 Å². The van der Waals surface area contributed by atoms with Crippen molar-refractivity contribution < 1.29 is 0 Å². The molecule has 3 heteroatoms. The van der Waals surface area contributed by atoms with Gasteiger partial charge in [0, 0.05) is 17.9 Å². The maximum atomic E-state index is 11.8. The van der Waals surface area contributed by atoms with Crippen molar-refractivity contribution in [3.8, 4) is 0 Å². The van der Waals surface area contributed by atoms with E-state index < -0.39 is 0 Å². The summed E-state index contributed by atoms with van der Waals surface area (Å²) in [6.45, 7) is 6.93. The number of hydrogen-bond acceptors (Lipinski definition) is 2. The molecule has 2 nitrogen and oxygen atoms in total. The lowest BCUT2D eigenvalue weighted by molar-refractivity contribution is 0.676. The summed E-state index contributed by atoms with van der Waals surface area (Å²) in [4.78, 5) is 11.8. The number of rotatable bonds is 0. The second-order valence-corrected chi connectivity index (χ2v) is 4.57. The predicted octanol–water partition coefficient (Wildman–Crippen LogP) is 1.88. The molecule has 0 spiro atoms. The van der Waals surface area contributed by atoms with Crippen LogP contribution in [-0.2, 0) is 6.54 Å². The van der Waals surface area contributed by atoms with E-state index in [1.807, 2.05) is 18.4 Å². The molecule has 1 aromatic heterocycles. The van der Waals surface area contributed by atoms with Gasteiger partial charge >= 0.3 is 0 Å². The molecule has 2 heterocycles. The second kappa shape index (κ2) is 2.91. The van der Waals surface area contributed by atoms with Crippen LogP contribution in [0, 0.1) is 20.8 Å². The minimum atomic E-state index is 0.197. The normalized spacial score (nSPS) is 14.7. The predicted molar refractivity (Wildman–Crippen MR) is 55.6 cm³/mol. The monoisotopic (exact) mass is 195 g/mol. The van der Waals surface area contributed by atoms with Crippen LogP contribution in [0.3, 0.4) is 0 Å². The molecular weight excluding hydrogens is 182 g/mol. The minimum Gasteiger partial charge on any atom is -0.302 e. The summed E-state index contributed by atoms with van der Waals surface area (Å²) in [5.41, 5.74) is 3.54. The molecule has 0 fully saturated rings. The highest BCUT2D eigenvalue weighted by atomic mass is 32.2. The van der Waals surface area contributed by atoms with Crippen molar-refractivity contribution in [2.24, 2.45) is 0 Å². The lowest BCUT2D eigenvalue weighted by atomic mass is 10.1. The molecule has 0 unspecified atom stereocenters. The van der Waals surface area contributed by atoms with E-state index in [1.54, 1.807) is 11.8 Å². The van der Waals surface area contributed by atoms with Crippen LogP contribution < -0.4 is 5.56 Å². The third-order valence-electron chi connectivity index (χ3n) is 2.81. The second-order valence-electron chi connectivity index (χ2n) is 3.49. The number of nitrogens with zero attached hydrogens (tertiary/aromatic N) is 1. The van der Waals surface area contributed by atoms with E-state index in [1.165, 1.54) is 10.6 Å². The van der Waals surface area contributed by atoms with Crippen LogP contribution in [0.4, 0.5) is 0 Å². The summed E-state index contributed by atoms with van der Waals surface area (Å²) in [6, 6.07) is 0. The first-order valence-electron chi connectivity index (χ1n) is 4.46. The quantitative estimate of drug-likeness (QED) is 0.630. The van der Waals surface area contributed by atoms with Gasteiger partial charge < -0.3 is 4.57 Å². The van der Waals surface area contributed by atoms with Crippen molar-refractivity contribution in [1.29, 1.82) is 0 Å². The van der Waals surface area contributed by atoms with E-state index >= 15 is 0 Å². The van der Waals surface area contributed by atoms with Gasteiger partial charge in [-0.3, -0.25) is 4.79 Å². The Morgan fingerprint density at radius 2 is 1.85 bits per heavy atom. The number of hydrogen-bond donors (Lipinski definition) is 0. The highest BCUT2D eigenvalue weighted by Crippen LogP contribution is 2.29. The molecule has 0 bridgehead atoms. The molecule has 0 N–H and O–H groups in total. The van der Waals surface area contributed by atoms with E-state index in [2.05, 4.69) is 6.92 Å². The maximum Gasteiger partial charge on any atom is 0.254 e. The molecule has 70 valence electrons. The minimum absolute atomic E-state index is 0.197. The van der Waals surface area contributed by atoms with Crippen molar-refractivity contribution in [3.63, 3.8) is 0 Å². The third kappa shape index (κ3) is 1.14. The number of thioether (sulfide) groups is 1. The molecular formula is C10H13NOS. The third-order valence-corrected chi connectivity index (χ3v) is 4.00. The summed E-state index contributed by atoms with van der Waals surface area (Å²) < 4.78 is 1.91. The molecule has 1 aromatic rings. The Morgan fingerprint density at radius 1 is 1.15 bits per heavy atom. The zero-order valence-corrected chi connectivity index (χ0v) is 8.99. The van der Waals surface area contributed by atoms with Crippen molar-refractivity contribution in [1.82, 2.24) is 4.57 Å². The van der Waals surface area contributed by atoms with Gasteiger partial charge in [-0.05, 0) is 31.9 Å². The van der Waals surface area contributed by atoms with Gasteiger partial charge in [0.15, 0.2) is 0 Å². The molecule has 0 amide bonds. The lowest BCUT2D eigenvalue weighted by Gasteiger charge is -2.10. The van der Waals surface area contributed by atoms with Crippen LogP contribution in [0.25, 0.3) is 0 Å². The first kappa shape index (κ1) is 8.88. The summed E-state index contributed by atoms with van der Waals surface area (Å²) in [7, 11) is 0. The molecule has 0 radical (unpaired) electrons. The van der Waals surface area contributed by atoms with E-state index in [0.717, 1.165) is 23.4 Å². The summed E-state index contributed by atoms with van der Waals surface area (Å²) in [6.07, 6.45) is 0. The zero-order valence-electron chi connectivity index (χ0n) is 8.18. The first-order chi connectivity index (χ1) is 6.13. The Hall–Kier alpha value is -0.700. The summed E-state index contributed by atoms with van der Waals surface area (Å²) >= 11 is 1.79. The van der Waals surface area contributed by atoms with Gasteiger partial charge in [-0.1, -0.05) is 0 Å². The summed E-state index contributed by atoms with van der Waals surface area (Å²) in [5.74, 6) is 1.04. The highest BCUT2D eigenvalue weighted by Gasteiger charge is 2.18. The largest absolute Gasteiger partial charge is 0.302 e. The van der Waals surface area contributed by atoms with Gasteiger partial charge in [0.2, 0.25) is 0 Å². The van der Waals surface area contributed by atoms with Gasteiger partial charge in [-0.15, -0.1) is 11.8 Å². The van der Waals surface area contributed by atoms with Crippen molar-refractivity contribution in [3.05, 3.63) is 27.0 Å². The fourth-order valence-electron chi connectivity index (χ4n) is 1.72. The SMILES string of the molecule is Cc1c(C)c2n(c(=O)c1C)CCS2. The van der Waals surface area contributed by atoms with Crippen LogP contribution in [-0.4, -0.2) is 10.3 Å².